The Kier molecular flexibility index (Phi) is 6.86. The Morgan fingerprint density at radius 3 is 2.48 bits per heavy atom. The summed E-state index contributed by atoms with van der Waals surface area (Å²) in [6.45, 7) is 0.199. The monoisotopic (exact) mass is 433 g/mol. The molecule has 0 radical (unpaired) electrons. The van der Waals surface area contributed by atoms with Crippen LogP contribution in [0.4, 0.5) is 0 Å². The number of nitrogens with zero attached hydrogens (tertiary/aromatic N) is 3. The Hall–Kier alpha value is -3.29. The molecule has 158 valence electrons. The lowest BCUT2D eigenvalue weighted by atomic mass is 10.1. The molecule has 4 rings (SSSR count). The van der Waals surface area contributed by atoms with Crippen LogP contribution in [-0.2, 0) is 0 Å². The maximum Gasteiger partial charge on any atom is 0.195 e. The Balaban J connectivity index is 1.30. The highest BCUT2D eigenvalue weighted by Gasteiger charge is 2.12. The molecule has 0 saturated carbocycles. The van der Waals surface area contributed by atoms with Gasteiger partial charge in [0.25, 0.3) is 0 Å². The Morgan fingerprint density at radius 1 is 0.935 bits per heavy atom. The van der Waals surface area contributed by atoms with Crippen molar-refractivity contribution < 1.29 is 14.6 Å². The molecular weight excluding hydrogens is 410 g/mol. The van der Waals surface area contributed by atoms with Crippen molar-refractivity contribution in [1.29, 1.82) is 0 Å². The normalized spacial score (nSPS) is 11.8. The lowest BCUT2D eigenvalue weighted by Gasteiger charge is -2.13. The van der Waals surface area contributed by atoms with Gasteiger partial charge in [0.2, 0.25) is 0 Å². The van der Waals surface area contributed by atoms with Crippen LogP contribution in [0, 0.1) is 0 Å². The molecule has 0 bridgehead atoms. The standard InChI is InChI=1S/C24H23N3O3S/c1-29-23-9-5-8-20(14-23)27-17-25-26-24(27)31-16-21(28)15-30-22-12-10-19(11-13-22)18-6-3-2-4-7-18/h2-14,17,21,28H,15-16H2,1H3. The molecule has 3 aromatic carbocycles. The molecule has 0 aliphatic heterocycles. The fraction of sp³-hybridized carbons (Fsp3) is 0.167. The molecule has 1 N–H and O–H groups in total. The zero-order chi connectivity index (χ0) is 21.5. The van der Waals surface area contributed by atoms with Crippen LogP contribution in [0.25, 0.3) is 16.8 Å². The van der Waals surface area contributed by atoms with Gasteiger partial charge in [-0.1, -0.05) is 60.3 Å². The van der Waals surface area contributed by atoms with Crippen molar-refractivity contribution in [3.8, 4) is 28.3 Å². The van der Waals surface area contributed by atoms with E-state index in [0.717, 1.165) is 28.3 Å². The van der Waals surface area contributed by atoms with Gasteiger partial charge in [-0.15, -0.1) is 10.2 Å². The smallest absolute Gasteiger partial charge is 0.195 e. The number of hydrogen-bond acceptors (Lipinski definition) is 6. The third kappa shape index (κ3) is 5.45. The van der Waals surface area contributed by atoms with Gasteiger partial charge in [-0.3, -0.25) is 4.57 Å². The molecule has 1 unspecified atom stereocenters. The molecule has 6 nitrogen and oxygen atoms in total. The fourth-order valence-electron chi connectivity index (χ4n) is 3.05. The number of hydrogen-bond donors (Lipinski definition) is 1. The number of benzene rings is 3. The summed E-state index contributed by atoms with van der Waals surface area (Å²) in [6, 6.07) is 25.7. The second kappa shape index (κ2) is 10.1. The quantitative estimate of drug-likeness (QED) is 0.393. The Labute approximate surface area is 185 Å². The van der Waals surface area contributed by atoms with Crippen LogP contribution in [0.3, 0.4) is 0 Å². The van der Waals surface area contributed by atoms with E-state index in [0.29, 0.717) is 10.9 Å². The van der Waals surface area contributed by atoms with Crippen molar-refractivity contribution in [2.24, 2.45) is 0 Å². The molecule has 0 fully saturated rings. The maximum absolute atomic E-state index is 10.4. The van der Waals surface area contributed by atoms with Crippen molar-refractivity contribution in [3.05, 3.63) is 85.2 Å². The molecule has 0 aliphatic carbocycles. The summed E-state index contributed by atoms with van der Waals surface area (Å²) in [7, 11) is 1.63. The maximum atomic E-state index is 10.4. The molecule has 1 aromatic heterocycles. The summed E-state index contributed by atoms with van der Waals surface area (Å²) in [6.07, 6.45) is 1.00. The van der Waals surface area contributed by atoms with Gasteiger partial charge < -0.3 is 14.6 Å². The number of rotatable bonds is 9. The average molecular weight is 434 g/mol. The topological polar surface area (TPSA) is 69.4 Å². The Morgan fingerprint density at radius 2 is 1.71 bits per heavy atom. The van der Waals surface area contributed by atoms with Gasteiger partial charge >= 0.3 is 0 Å². The van der Waals surface area contributed by atoms with Gasteiger partial charge in [-0.2, -0.15) is 0 Å². The highest BCUT2D eigenvalue weighted by atomic mass is 32.2. The number of methoxy groups -OCH3 is 1. The average Bonchev–Trinajstić information content (AvgIpc) is 3.31. The van der Waals surface area contributed by atoms with Gasteiger partial charge in [-0.05, 0) is 35.4 Å². The van der Waals surface area contributed by atoms with Crippen molar-refractivity contribution in [2.75, 3.05) is 19.5 Å². The van der Waals surface area contributed by atoms with Gasteiger partial charge in [-0.25, -0.2) is 0 Å². The van der Waals surface area contributed by atoms with E-state index >= 15 is 0 Å². The van der Waals surface area contributed by atoms with Crippen molar-refractivity contribution >= 4 is 11.8 Å². The minimum absolute atomic E-state index is 0.199. The molecule has 0 amide bonds. The van der Waals surface area contributed by atoms with Crippen molar-refractivity contribution in [3.63, 3.8) is 0 Å². The fourth-order valence-corrected chi connectivity index (χ4v) is 3.88. The highest BCUT2D eigenvalue weighted by Crippen LogP contribution is 2.24. The number of aromatic nitrogens is 3. The molecule has 1 atom stereocenters. The van der Waals surface area contributed by atoms with E-state index in [9.17, 15) is 5.11 Å². The molecule has 0 aliphatic rings. The minimum atomic E-state index is -0.644. The van der Waals surface area contributed by atoms with E-state index in [4.69, 9.17) is 9.47 Å². The van der Waals surface area contributed by atoms with Crippen LogP contribution in [0.2, 0.25) is 0 Å². The molecule has 1 heterocycles. The SMILES string of the molecule is COc1cccc(-n2cnnc2SCC(O)COc2ccc(-c3ccccc3)cc2)c1. The Bertz CT molecular complexity index is 1100. The minimum Gasteiger partial charge on any atom is -0.497 e. The lowest BCUT2D eigenvalue weighted by molar-refractivity contribution is 0.126. The summed E-state index contributed by atoms with van der Waals surface area (Å²) < 4.78 is 12.9. The van der Waals surface area contributed by atoms with E-state index < -0.39 is 6.10 Å². The predicted octanol–water partition coefficient (Wildman–Crippen LogP) is 4.47. The van der Waals surface area contributed by atoms with Crippen LogP contribution < -0.4 is 9.47 Å². The highest BCUT2D eigenvalue weighted by molar-refractivity contribution is 7.99. The first-order chi connectivity index (χ1) is 15.2. The van der Waals surface area contributed by atoms with E-state index in [1.807, 2.05) is 71.3 Å². The largest absolute Gasteiger partial charge is 0.497 e. The third-order valence-electron chi connectivity index (χ3n) is 4.66. The van der Waals surface area contributed by atoms with E-state index in [1.54, 1.807) is 13.4 Å². The summed E-state index contributed by atoms with van der Waals surface area (Å²) in [4.78, 5) is 0. The summed E-state index contributed by atoms with van der Waals surface area (Å²) in [5.41, 5.74) is 3.18. The predicted molar refractivity (Wildman–Crippen MR) is 122 cm³/mol. The van der Waals surface area contributed by atoms with Gasteiger partial charge in [0, 0.05) is 11.8 Å². The van der Waals surface area contributed by atoms with Crippen LogP contribution in [0.15, 0.2) is 90.3 Å². The molecule has 7 heteroatoms. The van der Waals surface area contributed by atoms with Gasteiger partial charge in [0.1, 0.15) is 24.4 Å². The molecule has 0 spiro atoms. The van der Waals surface area contributed by atoms with Gasteiger partial charge in [0.15, 0.2) is 5.16 Å². The van der Waals surface area contributed by atoms with E-state index in [1.165, 1.54) is 11.8 Å². The first-order valence-corrected chi connectivity index (χ1v) is 10.8. The molecular formula is C24H23N3O3S. The first kappa shape index (κ1) is 21.0. The summed E-state index contributed by atoms with van der Waals surface area (Å²) >= 11 is 1.42. The van der Waals surface area contributed by atoms with Crippen molar-refractivity contribution in [2.45, 2.75) is 11.3 Å². The van der Waals surface area contributed by atoms with Crippen LogP contribution in [0.1, 0.15) is 0 Å². The second-order valence-corrected chi connectivity index (χ2v) is 7.84. The number of aliphatic hydroxyl groups excluding tert-OH is 1. The van der Waals surface area contributed by atoms with Crippen LogP contribution in [0.5, 0.6) is 11.5 Å². The van der Waals surface area contributed by atoms with Gasteiger partial charge in [0.05, 0.1) is 18.9 Å². The first-order valence-electron chi connectivity index (χ1n) is 9.86. The molecule has 0 saturated heterocycles. The summed E-state index contributed by atoms with van der Waals surface area (Å²) in [5, 5.41) is 19.2. The second-order valence-electron chi connectivity index (χ2n) is 6.85. The number of ether oxygens (including phenoxy) is 2. The third-order valence-corrected chi connectivity index (χ3v) is 5.74. The van der Waals surface area contributed by atoms with E-state index in [2.05, 4.69) is 22.3 Å². The van der Waals surface area contributed by atoms with Crippen LogP contribution >= 0.6 is 11.8 Å². The summed E-state index contributed by atoms with van der Waals surface area (Å²) in [5.74, 6) is 1.92. The molecule has 31 heavy (non-hydrogen) atoms. The van der Waals surface area contributed by atoms with Crippen LogP contribution in [-0.4, -0.2) is 45.4 Å². The molecule has 4 aromatic rings. The lowest BCUT2D eigenvalue weighted by Crippen LogP contribution is -2.20. The number of thioether (sulfide) groups is 1. The van der Waals surface area contributed by atoms with E-state index in [-0.39, 0.29) is 6.61 Å². The van der Waals surface area contributed by atoms with Crippen molar-refractivity contribution in [1.82, 2.24) is 14.8 Å². The zero-order valence-electron chi connectivity index (χ0n) is 17.1. The number of aliphatic hydroxyl groups is 1. The zero-order valence-corrected chi connectivity index (χ0v) is 17.9.